The summed E-state index contributed by atoms with van der Waals surface area (Å²) in [5, 5.41) is 2.78. The highest BCUT2D eigenvalue weighted by Crippen LogP contribution is 2.22. The smallest absolute Gasteiger partial charge is 0.261 e. The minimum Gasteiger partial charge on any atom is -0.325 e. The van der Waals surface area contributed by atoms with Crippen molar-refractivity contribution >= 4 is 55.0 Å². The first-order valence-electron chi connectivity index (χ1n) is 8.73. The van der Waals surface area contributed by atoms with Crippen LogP contribution in [0.4, 0.5) is 11.4 Å². The van der Waals surface area contributed by atoms with E-state index in [2.05, 4.69) is 26.0 Å². The van der Waals surface area contributed by atoms with Crippen LogP contribution in [0.15, 0.2) is 88.2 Å². The molecule has 0 heterocycles. The van der Waals surface area contributed by atoms with Crippen LogP contribution in [-0.2, 0) is 20.6 Å². The standard InChI is InChI=1S/C21H19BrN2O3S2/c22-20-9-5-4-6-16(20)14-28-15-21(25)23-17-10-12-19(13-11-17)29(26,27)24-18-7-2-1-3-8-18/h1-13,24H,14-15H2,(H,23,25). The van der Waals surface area contributed by atoms with Crippen molar-refractivity contribution in [1.29, 1.82) is 0 Å². The van der Waals surface area contributed by atoms with Gasteiger partial charge in [-0.05, 0) is 48.0 Å². The summed E-state index contributed by atoms with van der Waals surface area (Å²) in [5.41, 5.74) is 2.17. The van der Waals surface area contributed by atoms with E-state index in [0.717, 1.165) is 15.8 Å². The van der Waals surface area contributed by atoms with Crippen molar-refractivity contribution in [2.24, 2.45) is 0 Å². The second-order valence-electron chi connectivity index (χ2n) is 6.13. The van der Waals surface area contributed by atoms with Gasteiger partial charge < -0.3 is 5.32 Å². The van der Waals surface area contributed by atoms with E-state index in [1.165, 1.54) is 23.9 Å². The molecule has 5 nitrogen and oxygen atoms in total. The van der Waals surface area contributed by atoms with Gasteiger partial charge in [0.15, 0.2) is 0 Å². The van der Waals surface area contributed by atoms with Crippen LogP contribution in [0.1, 0.15) is 5.56 Å². The van der Waals surface area contributed by atoms with Crippen LogP contribution in [0.5, 0.6) is 0 Å². The molecule has 8 heteroatoms. The molecular weight excluding hydrogens is 472 g/mol. The highest BCUT2D eigenvalue weighted by atomic mass is 79.9. The molecule has 1 amide bonds. The Kier molecular flexibility index (Phi) is 7.35. The largest absolute Gasteiger partial charge is 0.325 e. The molecule has 0 fully saturated rings. The quantitative estimate of drug-likeness (QED) is 0.459. The summed E-state index contributed by atoms with van der Waals surface area (Å²) in [4.78, 5) is 12.3. The number of hydrogen-bond donors (Lipinski definition) is 2. The van der Waals surface area contributed by atoms with Gasteiger partial charge >= 0.3 is 0 Å². The highest BCUT2D eigenvalue weighted by Gasteiger charge is 2.14. The Labute approximate surface area is 183 Å². The minimum absolute atomic E-state index is 0.127. The van der Waals surface area contributed by atoms with Crippen molar-refractivity contribution in [2.45, 2.75) is 10.6 Å². The third kappa shape index (κ3) is 6.35. The lowest BCUT2D eigenvalue weighted by atomic mass is 10.2. The van der Waals surface area contributed by atoms with Gasteiger partial charge in [-0.1, -0.05) is 52.3 Å². The zero-order chi connectivity index (χ0) is 20.7. The molecule has 2 N–H and O–H groups in total. The maximum atomic E-state index is 12.4. The highest BCUT2D eigenvalue weighted by molar-refractivity contribution is 9.10. The number of rotatable bonds is 8. The van der Waals surface area contributed by atoms with Crippen LogP contribution in [0, 0.1) is 0 Å². The molecule has 0 aliphatic heterocycles. The number of thioether (sulfide) groups is 1. The molecule has 0 aromatic heterocycles. The maximum Gasteiger partial charge on any atom is 0.261 e. The van der Waals surface area contributed by atoms with Gasteiger partial charge in [0, 0.05) is 21.6 Å². The molecule has 0 aliphatic rings. The molecule has 150 valence electrons. The lowest BCUT2D eigenvalue weighted by molar-refractivity contribution is -0.113. The molecule has 0 saturated carbocycles. The van der Waals surface area contributed by atoms with E-state index in [0.29, 0.717) is 17.1 Å². The first kappa shape index (κ1) is 21.4. The van der Waals surface area contributed by atoms with Crippen LogP contribution < -0.4 is 10.0 Å². The Morgan fingerprint density at radius 3 is 2.21 bits per heavy atom. The van der Waals surface area contributed by atoms with Crippen LogP contribution in [-0.4, -0.2) is 20.1 Å². The number of hydrogen-bond acceptors (Lipinski definition) is 4. The van der Waals surface area contributed by atoms with Crippen LogP contribution in [0.3, 0.4) is 0 Å². The Hall–Kier alpha value is -2.29. The third-order valence-electron chi connectivity index (χ3n) is 3.92. The number of carbonyl (C=O) groups excluding carboxylic acids is 1. The lowest BCUT2D eigenvalue weighted by Gasteiger charge is -2.09. The van der Waals surface area contributed by atoms with Crippen molar-refractivity contribution < 1.29 is 13.2 Å². The summed E-state index contributed by atoms with van der Waals surface area (Å²) >= 11 is 5.00. The Balaban J connectivity index is 1.53. The number of amides is 1. The number of carbonyl (C=O) groups is 1. The zero-order valence-electron chi connectivity index (χ0n) is 15.3. The van der Waals surface area contributed by atoms with Crippen molar-refractivity contribution in [3.63, 3.8) is 0 Å². The molecule has 0 unspecified atom stereocenters. The van der Waals surface area contributed by atoms with Gasteiger partial charge in [0.25, 0.3) is 10.0 Å². The first-order chi connectivity index (χ1) is 13.9. The Morgan fingerprint density at radius 1 is 0.862 bits per heavy atom. The van der Waals surface area contributed by atoms with Gasteiger partial charge in [-0.2, -0.15) is 0 Å². The van der Waals surface area contributed by atoms with E-state index in [-0.39, 0.29) is 10.8 Å². The molecule has 0 spiro atoms. The van der Waals surface area contributed by atoms with E-state index < -0.39 is 10.0 Å². The number of sulfonamides is 1. The topological polar surface area (TPSA) is 75.3 Å². The van der Waals surface area contributed by atoms with Gasteiger partial charge in [-0.25, -0.2) is 8.42 Å². The van der Waals surface area contributed by atoms with Crippen molar-refractivity contribution in [1.82, 2.24) is 0 Å². The zero-order valence-corrected chi connectivity index (χ0v) is 18.6. The summed E-state index contributed by atoms with van der Waals surface area (Å²) in [6.07, 6.45) is 0. The van der Waals surface area contributed by atoms with Gasteiger partial charge in [0.1, 0.15) is 0 Å². The summed E-state index contributed by atoms with van der Waals surface area (Å²) < 4.78 is 28.4. The van der Waals surface area contributed by atoms with E-state index in [4.69, 9.17) is 0 Å². The molecule has 3 aromatic rings. The lowest BCUT2D eigenvalue weighted by Crippen LogP contribution is -2.15. The number of para-hydroxylation sites is 1. The molecule has 3 rings (SSSR count). The molecule has 0 atom stereocenters. The summed E-state index contributed by atoms with van der Waals surface area (Å²) in [6.45, 7) is 0. The molecule has 0 saturated heterocycles. The monoisotopic (exact) mass is 490 g/mol. The van der Waals surface area contributed by atoms with Crippen LogP contribution in [0.25, 0.3) is 0 Å². The van der Waals surface area contributed by atoms with Crippen LogP contribution >= 0.6 is 27.7 Å². The summed E-state index contributed by atoms with van der Waals surface area (Å²) in [6, 6.07) is 22.7. The van der Waals surface area contributed by atoms with E-state index in [1.54, 1.807) is 36.4 Å². The normalized spacial score (nSPS) is 11.1. The van der Waals surface area contributed by atoms with Crippen molar-refractivity contribution in [3.05, 3.63) is 88.9 Å². The van der Waals surface area contributed by atoms with E-state index in [1.807, 2.05) is 30.3 Å². The predicted molar refractivity (Wildman–Crippen MR) is 123 cm³/mol. The molecule has 0 aliphatic carbocycles. The SMILES string of the molecule is O=C(CSCc1ccccc1Br)Nc1ccc(S(=O)(=O)Nc2ccccc2)cc1. The van der Waals surface area contributed by atoms with Gasteiger partial charge in [0.05, 0.1) is 10.6 Å². The van der Waals surface area contributed by atoms with E-state index >= 15 is 0 Å². The third-order valence-corrected chi connectivity index (χ3v) is 7.08. The number of nitrogens with one attached hydrogen (secondary N) is 2. The average molecular weight is 491 g/mol. The van der Waals surface area contributed by atoms with E-state index in [9.17, 15) is 13.2 Å². The fourth-order valence-electron chi connectivity index (χ4n) is 2.50. The molecule has 0 radical (unpaired) electrons. The number of anilines is 2. The average Bonchev–Trinajstić information content (AvgIpc) is 2.70. The molecular formula is C21H19BrN2O3S2. The molecule has 3 aromatic carbocycles. The van der Waals surface area contributed by atoms with Crippen molar-refractivity contribution in [2.75, 3.05) is 15.8 Å². The Morgan fingerprint density at radius 2 is 1.52 bits per heavy atom. The van der Waals surface area contributed by atoms with Crippen molar-refractivity contribution in [3.8, 4) is 0 Å². The first-order valence-corrected chi connectivity index (χ1v) is 12.2. The minimum atomic E-state index is -3.68. The fraction of sp³-hybridized carbons (Fsp3) is 0.0952. The van der Waals surface area contributed by atoms with Gasteiger partial charge in [-0.3, -0.25) is 9.52 Å². The summed E-state index contributed by atoms with van der Waals surface area (Å²) in [5.74, 6) is 0.883. The maximum absolute atomic E-state index is 12.4. The number of benzene rings is 3. The second kappa shape index (κ2) is 9.96. The molecule has 29 heavy (non-hydrogen) atoms. The summed E-state index contributed by atoms with van der Waals surface area (Å²) in [7, 11) is -3.68. The van der Waals surface area contributed by atoms with Gasteiger partial charge in [0.2, 0.25) is 5.91 Å². The predicted octanol–water partition coefficient (Wildman–Crippen LogP) is 5.12. The fourth-order valence-corrected chi connectivity index (χ4v) is 5.00. The number of halogens is 1. The van der Waals surface area contributed by atoms with Gasteiger partial charge in [-0.15, -0.1) is 11.8 Å². The Bertz CT molecular complexity index is 1070. The van der Waals surface area contributed by atoms with Crippen LogP contribution in [0.2, 0.25) is 0 Å². The second-order valence-corrected chi connectivity index (χ2v) is 9.65. The molecule has 0 bridgehead atoms.